The van der Waals surface area contributed by atoms with Crippen molar-refractivity contribution >= 4 is 33.1 Å². The summed E-state index contributed by atoms with van der Waals surface area (Å²) in [5.74, 6) is 0. The molecule has 5 nitrogen and oxygen atoms in total. The fraction of sp³-hybridized carbons (Fsp3) is 0.125. The molecule has 0 aromatic carbocycles. The highest BCUT2D eigenvalue weighted by Gasteiger charge is 2.11. The Kier molecular flexibility index (Phi) is 2.45. The van der Waals surface area contributed by atoms with Gasteiger partial charge in [-0.15, -0.1) is 4.68 Å². The van der Waals surface area contributed by atoms with Crippen molar-refractivity contribution in [3.05, 3.63) is 24.5 Å². The molecule has 0 spiro atoms. The molecule has 0 saturated carbocycles. The van der Waals surface area contributed by atoms with E-state index in [0.29, 0.717) is 5.65 Å². The number of hydrogen-bond donors (Lipinski definition) is 0. The fourth-order valence-electron chi connectivity index (χ4n) is 1.10. The van der Waals surface area contributed by atoms with E-state index in [0.717, 1.165) is 10.1 Å². The largest absolute Gasteiger partial charge is 0.437 e. The van der Waals surface area contributed by atoms with Crippen LogP contribution < -0.4 is 0 Å². The van der Waals surface area contributed by atoms with E-state index in [9.17, 15) is 4.79 Å². The minimum atomic E-state index is -0.546. The third-order valence-electron chi connectivity index (χ3n) is 1.68. The van der Waals surface area contributed by atoms with E-state index in [1.165, 1.54) is 0 Å². The first-order valence-electron chi connectivity index (χ1n) is 3.85. The second-order valence-corrected chi connectivity index (χ2v) is 2.95. The standard InChI is InChI=1S/C8H6BrN3O2/c9-5-14-8(13)12-7-6(4-11-12)2-1-3-10-7/h1-4H,5H2. The number of hydrogen-bond acceptors (Lipinski definition) is 4. The van der Waals surface area contributed by atoms with Gasteiger partial charge in [0, 0.05) is 11.6 Å². The van der Waals surface area contributed by atoms with Crippen LogP contribution in [0, 0.1) is 0 Å². The zero-order chi connectivity index (χ0) is 9.97. The van der Waals surface area contributed by atoms with E-state index in [2.05, 4.69) is 26.0 Å². The Morgan fingerprint density at radius 3 is 3.29 bits per heavy atom. The molecule has 0 aliphatic rings. The molecule has 0 unspecified atom stereocenters. The van der Waals surface area contributed by atoms with Crippen LogP contribution in [0.3, 0.4) is 0 Å². The number of alkyl halides is 1. The minimum absolute atomic E-state index is 0.139. The minimum Gasteiger partial charge on any atom is -0.436 e. The summed E-state index contributed by atoms with van der Waals surface area (Å²) in [4.78, 5) is 15.4. The van der Waals surface area contributed by atoms with Gasteiger partial charge in [-0.2, -0.15) is 5.10 Å². The van der Waals surface area contributed by atoms with Crippen LogP contribution in [0.5, 0.6) is 0 Å². The monoisotopic (exact) mass is 255 g/mol. The Morgan fingerprint density at radius 1 is 1.64 bits per heavy atom. The van der Waals surface area contributed by atoms with Crippen LogP contribution in [0.4, 0.5) is 4.79 Å². The van der Waals surface area contributed by atoms with Crippen molar-refractivity contribution in [3.8, 4) is 0 Å². The number of halogens is 1. The Bertz CT molecular complexity index is 468. The number of fused-ring (bicyclic) bond motifs is 1. The van der Waals surface area contributed by atoms with Gasteiger partial charge in [0.2, 0.25) is 0 Å². The Balaban J connectivity index is 2.47. The van der Waals surface area contributed by atoms with Crippen LogP contribution in [0.2, 0.25) is 0 Å². The lowest BCUT2D eigenvalue weighted by molar-refractivity contribution is 0.166. The third kappa shape index (κ3) is 1.48. The highest BCUT2D eigenvalue weighted by molar-refractivity contribution is 9.09. The van der Waals surface area contributed by atoms with E-state index < -0.39 is 6.09 Å². The number of pyridine rings is 1. The number of rotatable bonds is 1. The predicted molar refractivity (Wildman–Crippen MR) is 53.2 cm³/mol. The lowest BCUT2D eigenvalue weighted by Crippen LogP contribution is -2.14. The molecule has 0 saturated heterocycles. The molecule has 2 aromatic heterocycles. The van der Waals surface area contributed by atoms with Crippen molar-refractivity contribution < 1.29 is 9.53 Å². The van der Waals surface area contributed by atoms with Crippen LogP contribution in [0.15, 0.2) is 24.5 Å². The summed E-state index contributed by atoms with van der Waals surface area (Å²) < 4.78 is 5.85. The maximum atomic E-state index is 11.3. The molecule has 0 aliphatic carbocycles. The zero-order valence-electron chi connectivity index (χ0n) is 7.05. The van der Waals surface area contributed by atoms with Crippen molar-refractivity contribution in [1.29, 1.82) is 0 Å². The van der Waals surface area contributed by atoms with Gasteiger partial charge in [0.05, 0.1) is 6.20 Å². The van der Waals surface area contributed by atoms with E-state index >= 15 is 0 Å². The molecule has 2 heterocycles. The van der Waals surface area contributed by atoms with Gasteiger partial charge in [0.15, 0.2) is 5.65 Å². The number of carbonyl (C=O) groups is 1. The fourth-order valence-corrected chi connectivity index (χ4v) is 1.30. The van der Waals surface area contributed by atoms with Crippen LogP contribution in [-0.2, 0) is 4.74 Å². The van der Waals surface area contributed by atoms with E-state index in [-0.39, 0.29) is 5.52 Å². The lowest BCUT2D eigenvalue weighted by atomic mass is 10.4. The van der Waals surface area contributed by atoms with Gasteiger partial charge >= 0.3 is 6.09 Å². The van der Waals surface area contributed by atoms with Gasteiger partial charge in [-0.3, -0.25) is 0 Å². The normalized spacial score (nSPS) is 10.4. The first-order chi connectivity index (χ1) is 6.83. The SMILES string of the molecule is O=C(OCBr)n1ncc2cccnc21. The van der Waals surface area contributed by atoms with Gasteiger partial charge in [0.1, 0.15) is 5.52 Å². The first-order valence-corrected chi connectivity index (χ1v) is 4.97. The van der Waals surface area contributed by atoms with E-state index in [4.69, 9.17) is 4.74 Å². The summed E-state index contributed by atoms with van der Waals surface area (Å²) in [7, 11) is 0. The zero-order valence-corrected chi connectivity index (χ0v) is 8.64. The second-order valence-electron chi connectivity index (χ2n) is 2.49. The van der Waals surface area contributed by atoms with Crippen molar-refractivity contribution in [2.24, 2.45) is 0 Å². The summed E-state index contributed by atoms with van der Waals surface area (Å²) in [6, 6.07) is 3.61. The van der Waals surface area contributed by atoms with Gasteiger partial charge in [0.25, 0.3) is 0 Å². The molecule has 2 rings (SSSR count). The number of aromatic nitrogens is 3. The maximum Gasteiger partial charge on any atom is 0.437 e. The smallest absolute Gasteiger partial charge is 0.436 e. The average Bonchev–Trinajstić information content (AvgIpc) is 2.61. The number of ether oxygens (including phenoxy) is 1. The molecule has 72 valence electrons. The van der Waals surface area contributed by atoms with Crippen molar-refractivity contribution in [1.82, 2.24) is 14.8 Å². The molecular formula is C8H6BrN3O2. The number of nitrogens with zero attached hydrogens (tertiary/aromatic N) is 3. The molecule has 0 aliphatic heterocycles. The second kappa shape index (κ2) is 3.75. The molecule has 0 atom stereocenters. The van der Waals surface area contributed by atoms with Crippen molar-refractivity contribution in [3.63, 3.8) is 0 Å². The summed E-state index contributed by atoms with van der Waals surface area (Å²) in [5.41, 5.74) is 0.637. The Labute approximate surface area is 87.8 Å². The van der Waals surface area contributed by atoms with Crippen LogP contribution >= 0.6 is 15.9 Å². The molecule has 0 fully saturated rings. The van der Waals surface area contributed by atoms with Crippen molar-refractivity contribution in [2.75, 3.05) is 5.52 Å². The van der Waals surface area contributed by atoms with E-state index in [1.807, 2.05) is 6.07 Å². The summed E-state index contributed by atoms with van der Waals surface area (Å²) in [6.45, 7) is 0. The van der Waals surface area contributed by atoms with Gasteiger partial charge in [-0.25, -0.2) is 9.78 Å². The highest BCUT2D eigenvalue weighted by Crippen LogP contribution is 2.09. The quantitative estimate of drug-likeness (QED) is 0.729. The van der Waals surface area contributed by atoms with Crippen LogP contribution in [-0.4, -0.2) is 26.4 Å². The molecule has 0 bridgehead atoms. The molecule has 6 heteroatoms. The first kappa shape index (κ1) is 9.14. The summed E-state index contributed by atoms with van der Waals surface area (Å²) in [5, 5.41) is 4.68. The Hall–Kier alpha value is -1.43. The lowest BCUT2D eigenvalue weighted by Gasteiger charge is -1.99. The van der Waals surface area contributed by atoms with Gasteiger partial charge in [-0.05, 0) is 28.1 Å². The summed E-state index contributed by atoms with van der Waals surface area (Å²) in [6.07, 6.45) is 2.62. The topological polar surface area (TPSA) is 57.0 Å². The molecule has 0 radical (unpaired) electrons. The average molecular weight is 256 g/mol. The maximum absolute atomic E-state index is 11.3. The molecule has 14 heavy (non-hydrogen) atoms. The summed E-state index contributed by atoms with van der Waals surface area (Å²) >= 11 is 3.00. The molecule has 0 amide bonds. The van der Waals surface area contributed by atoms with Crippen molar-refractivity contribution in [2.45, 2.75) is 0 Å². The molecule has 2 aromatic rings. The third-order valence-corrected chi connectivity index (χ3v) is 1.91. The molecule has 0 N–H and O–H groups in total. The van der Waals surface area contributed by atoms with Gasteiger partial charge < -0.3 is 4.74 Å². The van der Waals surface area contributed by atoms with E-state index in [1.54, 1.807) is 18.5 Å². The highest BCUT2D eigenvalue weighted by atomic mass is 79.9. The van der Waals surface area contributed by atoms with Crippen LogP contribution in [0.1, 0.15) is 0 Å². The molecular weight excluding hydrogens is 250 g/mol. The number of carbonyl (C=O) groups excluding carboxylic acids is 1. The predicted octanol–water partition coefficient (Wildman–Crippen LogP) is 1.77. The van der Waals surface area contributed by atoms with Gasteiger partial charge in [-0.1, -0.05) is 0 Å². The van der Waals surface area contributed by atoms with Crippen LogP contribution in [0.25, 0.3) is 11.0 Å². The Morgan fingerprint density at radius 2 is 2.50 bits per heavy atom.